The van der Waals surface area contributed by atoms with Crippen LogP contribution in [0.5, 0.6) is 0 Å². The number of hydrogen-bond donors (Lipinski definition) is 1. The van der Waals surface area contributed by atoms with Crippen LogP contribution in [0.1, 0.15) is 56.4 Å². The molecule has 0 bridgehead atoms. The van der Waals surface area contributed by atoms with Gasteiger partial charge in [-0.15, -0.1) is 0 Å². The molecule has 3 aromatic carbocycles. The summed E-state index contributed by atoms with van der Waals surface area (Å²) in [6, 6.07) is 20.1. The molecular formula is C32H33Cl2FN2O4S. The van der Waals surface area contributed by atoms with Gasteiger partial charge in [0.1, 0.15) is 18.0 Å². The molecule has 222 valence electrons. The van der Waals surface area contributed by atoms with Gasteiger partial charge in [-0.1, -0.05) is 66.5 Å². The molecule has 5 atom stereocenters. The number of carboxylic acid groups (broad SMARTS) is 1. The van der Waals surface area contributed by atoms with E-state index in [1.165, 1.54) is 13.0 Å². The van der Waals surface area contributed by atoms with E-state index in [4.69, 9.17) is 27.9 Å². The monoisotopic (exact) mass is 630 g/mol. The average molecular weight is 632 g/mol. The first kappa shape index (κ1) is 30.7. The van der Waals surface area contributed by atoms with Crippen molar-refractivity contribution in [1.29, 1.82) is 0 Å². The lowest BCUT2D eigenvalue weighted by atomic mass is 9.88. The number of para-hydroxylation sites is 1. The Morgan fingerprint density at radius 3 is 2.40 bits per heavy atom. The number of carboxylic acids is 1. The standard InChI is InChI=1S/C32H33Cl2FN2O4S/c1-3-24(18-36(42-25-15-16-25)27-10-5-4-9-26(27)35)37-28(20-11-13-22(33)14-12-20)30(21-7-6-8-23(34)17-21)41-29(31(37)38)19(2)32(39)40/h4-14,17,19,24-25,28-30H,3,15-16,18H2,1-2H3,(H,39,40). The van der Waals surface area contributed by atoms with E-state index in [1.54, 1.807) is 65.4 Å². The van der Waals surface area contributed by atoms with E-state index >= 15 is 4.39 Å². The van der Waals surface area contributed by atoms with Crippen LogP contribution in [0.15, 0.2) is 72.8 Å². The Bertz CT molecular complexity index is 1420. The van der Waals surface area contributed by atoms with Gasteiger partial charge >= 0.3 is 5.97 Å². The van der Waals surface area contributed by atoms with Gasteiger partial charge in [0.2, 0.25) is 0 Å². The van der Waals surface area contributed by atoms with Crippen LogP contribution in [0, 0.1) is 11.7 Å². The number of hydrogen-bond acceptors (Lipinski definition) is 5. The number of morpholine rings is 1. The molecule has 1 amide bonds. The molecule has 1 aliphatic carbocycles. The normalized spacial score (nSPS) is 22.1. The molecule has 1 aliphatic heterocycles. The summed E-state index contributed by atoms with van der Waals surface area (Å²) in [5.41, 5.74) is 1.96. The zero-order chi connectivity index (χ0) is 30.0. The van der Waals surface area contributed by atoms with Crippen LogP contribution < -0.4 is 4.31 Å². The van der Waals surface area contributed by atoms with Gasteiger partial charge in [0, 0.05) is 15.3 Å². The maximum Gasteiger partial charge on any atom is 0.309 e. The number of ether oxygens (including phenoxy) is 1. The summed E-state index contributed by atoms with van der Waals surface area (Å²) in [5.74, 6) is -2.99. The largest absolute Gasteiger partial charge is 0.481 e. The molecule has 5 rings (SSSR count). The van der Waals surface area contributed by atoms with Crippen LogP contribution in [0.25, 0.3) is 0 Å². The smallest absolute Gasteiger partial charge is 0.309 e. The van der Waals surface area contributed by atoms with Crippen molar-refractivity contribution in [1.82, 2.24) is 4.90 Å². The van der Waals surface area contributed by atoms with Crippen LogP contribution in [0.4, 0.5) is 10.1 Å². The van der Waals surface area contributed by atoms with Crippen molar-refractivity contribution in [2.24, 2.45) is 5.92 Å². The highest BCUT2D eigenvalue weighted by atomic mass is 35.5. The van der Waals surface area contributed by atoms with Crippen molar-refractivity contribution < 1.29 is 23.8 Å². The Kier molecular flexibility index (Phi) is 9.67. The molecule has 5 unspecified atom stereocenters. The second-order valence-electron chi connectivity index (χ2n) is 10.8. The summed E-state index contributed by atoms with van der Waals surface area (Å²) in [5, 5.41) is 11.4. The third kappa shape index (κ3) is 6.72. The van der Waals surface area contributed by atoms with Crippen molar-refractivity contribution in [2.75, 3.05) is 10.8 Å². The van der Waals surface area contributed by atoms with E-state index < -0.39 is 42.1 Å². The number of carbonyl (C=O) groups excluding carboxylic acids is 1. The molecule has 3 aromatic rings. The quantitative estimate of drug-likeness (QED) is 0.217. The number of halogens is 3. The first-order valence-corrected chi connectivity index (χ1v) is 15.7. The first-order valence-electron chi connectivity index (χ1n) is 14.1. The Labute approximate surface area is 259 Å². The minimum Gasteiger partial charge on any atom is -0.481 e. The van der Waals surface area contributed by atoms with Crippen molar-refractivity contribution in [3.8, 4) is 0 Å². The third-order valence-corrected chi connectivity index (χ3v) is 9.63. The maximum absolute atomic E-state index is 15.1. The molecule has 2 fully saturated rings. The molecule has 10 heteroatoms. The number of amides is 1. The molecule has 1 saturated carbocycles. The van der Waals surface area contributed by atoms with Crippen molar-refractivity contribution in [2.45, 2.75) is 62.7 Å². The fourth-order valence-corrected chi connectivity index (χ4v) is 6.89. The topological polar surface area (TPSA) is 70.1 Å². The van der Waals surface area contributed by atoms with Gasteiger partial charge in [0.05, 0.1) is 30.2 Å². The highest BCUT2D eigenvalue weighted by molar-refractivity contribution is 8.01. The lowest BCUT2D eigenvalue weighted by Crippen LogP contribution is -2.58. The van der Waals surface area contributed by atoms with Crippen LogP contribution in [-0.4, -0.2) is 45.8 Å². The molecule has 2 aliphatic rings. The molecule has 1 saturated heterocycles. The third-order valence-electron chi connectivity index (χ3n) is 7.77. The number of anilines is 1. The van der Waals surface area contributed by atoms with Crippen LogP contribution >= 0.6 is 35.1 Å². The van der Waals surface area contributed by atoms with Gasteiger partial charge in [0.25, 0.3) is 5.91 Å². The van der Waals surface area contributed by atoms with Crippen LogP contribution in [-0.2, 0) is 14.3 Å². The Morgan fingerprint density at radius 2 is 1.79 bits per heavy atom. The van der Waals surface area contributed by atoms with E-state index in [0.29, 0.717) is 33.9 Å². The lowest BCUT2D eigenvalue weighted by Gasteiger charge is -2.49. The van der Waals surface area contributed by atoms with Gasteiger partial charge in [-0.3, -0.25) is 9.59 Å². The van der Waals surface area contributed by atoms with Gasteiger partial charge < -0.3 is 19.0 Å². The molecule has 1 heterocycles. The summed E-state index contributed by atoms with van der Waals surface area (Å²) in [6.45, 7) is 3.80. The maximum atomic E-state index is 15.1. The molecule has 42 heavy (non-hydrogen) atoms. The number of carbonyl (C=O) groups is 2. The predicted molar refractivity (Wildman–Crippen MR) is 165 cm³/mol. The van der Waals surface area contributed by atoms with Crippen LogP contribution in [0.2, 0.25) is 10.0 Å². The number of rotatable bonds is 11. The Balaban J connectivity index is 1.63. The van der Waals surface area contributed by atoms with Crippen molar-refractivity contribution in [3.63, 3.8) is 0 Å². The molecule has 0 radical (unpaired) electrons. The van der Waals surface area contributed by atoms with E-state index in [2.05, 4.69) is 0 Å². The van der Waals surface area contributed by atoms with Crippen LogP contribution in [0.3, 0.4) is 0 Å². The summed E-state index contributed by atoms with van der Waals surface area (Å²) < 4.78 is 23.5. The highest BCUT2D eigenvalue weighted by Gasteiger charge is 2.49. The second-order valence-corrected chi connectivity index (χ2v) is 13.0. The van der Waals surface area contributed by atoms with E-state index in [1.807, 2.05) is 29.4 Å². The van der Waals surface area contributed by atoms with Crippen molar-refractivity contribution in [3.05, 3.63) is 99.8 Å². The van der Waals surface area contributed by atoms with E-state index in [9.17, 15) is 14.7 Å². The summed E-state index contributed by atoms with van der Waals surface area (Å²) in [4.78, 5) is 28.3. The minimum atomic E-state index is -1.23. The molecule has 0 aromatic heterocycles. The average Bonchev–Trinajstić information content (AvgIpc) is 3.80. The number of aliphatic carboxylic acids is 1. The van der Waals surface area contributed by atoms with E-state index in [-0.39, 0.29) is 5.82 Å². The Hall–Kier alpha value is -2.78. The molecule has 0 spiro atoms. The van der Waals surface area contributed by atoms with Crippen molar-refractivity contribution >= 4 is 52.7 Å². The number of benzene rings is 3. The Morgan fingerprint density at radius 1 is 1.07 bits per heavy atom. The fraction of sp³-hybridized carbons (Fsp3) is 0.375. The van der Waals surface area contributed by atoms with Gasteiger partial charge in [-0.05, 0) is 85.7 Å². The molecule has 1 N–H and O–H groups in total. The number of nitrogens with zero attached hydrogens (tertiary/aromatic N) is 2. The predicted octanol–water partition coefficient (Wildman–Crippen LogP) is 7.96. The van der Waals surface area contributed by atoms with Gasteiger partial charge in [0.15, 0.2) is 0 Å². The van der Waals surface area contributed by atoms with Gasteiger partial charge in [-0.25, -0.2) is 4.39 Å². The zero-order valence-electron chi connectivity index (χ0n) is 23.3. The summed E-state index contributed by atoms with van der Waals surface area (Å²) >= 11 is 14.2. The zero-order valence-corrected chi connectivity index (χ0v) is 25.7. The van der Waals surface area contributed by atoms with Gasteiger partial charge in [-0.2, -0.15) is 0 Å². The lowest BCUT2D eigenvalue weighted by molar-refractivity contribution is -0.190. The van der Waals surface area contributed by atoms with E-state index in [0.717, 1.165) is 24.0 Å². The molecular weight excluding hydrogens is 598 g/mol. The SMILES string of the molecule is CCC(CN(SC1CC1)c1ccccc1F)N1C(=O)C(C(C)C(=O)O)OC(c2cccc(Cl)c2)C1c1ccc(Cl)cc1. The summed E-state index contributed by atoms with van der Waals surface area (Å²) in [7, 11) is 0. The first-order chi connectivity index (χ1) is 20.2. The summed E-state index contributed by atoms with van der Waals surface area (Å²) in [6.07, 6.45) is 0.683. The minimum absolute atomic E-state index is 0.336. The highest BCUT2D eigenvalue weighted by Crippen LogP contribution is 2.46. The fourth-order valence-electron chi connectivity index (χ4n) is 5.34. The second kappa shape index (κ2) is 13.2. The molecule has 6 nitrogen and oxygen atoms in total.